The number of aromatic nitrogens is 2. The van der Waals surface area contributed by atoms with Crippen LogP contribution in [0.1, 0.15) is 25.3 Å². The minimum Gasteiger partial charge on any atom is -0.373 e. The van der Waals surface area contributed by atoms with E-state index in [1.165, 1.54) is 34.9 Å². The second kappa shape index (κ2) is 9.71. The fraction of sp³-hybridized carbons (Fsp3) is 0.160. The molecule has 4 aromatic rings. The zero-order valence-corrected chi connectivity index (χ0v) is 19.9. The topological polar surface area (TPSA) is 88.0 Å². The van der Waals surface area contributed by atoms with Crippen LogP contribution in [0.3, 0.4) is 0 Å². The number of carbonyl (C=O) groups is 1. The maximum Gasteiger partial charge on any atom is 0.323 e. The molecule has 0 aliphatic carbocycles. The Morgan fingerprint density at radius 1 is 1.09 bits per heavy atom. The number of nitrogens with zero attached hydrogens (tertiary/aromatic N) is 2. The summed E-state index contributed by atoms with van der Waals surface area (Å²) >= 11 is 6.33. The molecule has 180 valence electrons. The van der Waals surface area contributed by atoms with Crippen molar-refractivity contribution in [3.63, 3.8) is 0 Å². The Kier molecular flexibility index (Phi) is 6.70. The number of carbonyl (C=O) groups excluding carboxylic acids is 1. The lowest BCUT2D eigenvalue weighted by Crippen LogP contribution is -2.24. The second-order valence-electron chi connectivity index (χ2n) is 8.15. The van der Waals surface area contributed by atoms with Crippen molar-refractivity contribution in [2.45, 2.75) is 19.8 Å². The van der Waals surface area contributed by atoms with Gasteiger partial charge in [-0.3, -0.25) is 9.36 Å². The van der Waals surface area contributed by atoms with Crippen molar-refractivity contribution in [1.29, 1.82) is 0 Å². The summed E-state index contributed by atoms with van der Waals surface area (Å²) in [6.07, 6.45) is 3.22. The van der Waals surface area contributed by atoms with Crippen LogP contribution in [0.25, 0.3) is 16.5 Å². The van der Waals surface area contributed by atoms with Gasteiger partial charge in [-0.15, -0.1) is 0 Å². The van der Waals surface area contributed by atoms with Crippen LogP contribution in [-0.4, -0.2) is 22.6 Å². The van der Waals surface area contributed by atoms with E-state index in [0.29, 0.717) is 22.5 Å². The van der Waals surface area contributed by atoms with Gasteiger partial charge in [0.1, 0.15) is 17.5 Å². The zero-order chi connectivity index (χ0) is 25.3. The molecule has 0 spiro atoms. The van der Waals surface area contributed by atoms with Crippen LogP contribution < -0.4 is 21.5 Å². The number of fused-ring (bicyclic) bond motifs is 1. The highest BCUT2D eigenvalue weighted by atomic mass is 35.5. The fourth-order valence-electron chi connectivity index (χ4n) is 3.75. The van der Waals surface area contributed by atoms with Crippen molar-refractivity contribution in [2.24, 2.45) is 0 Å². The zero-order valence-electron chi connectivity index (χ0n) is 19.1. The summed E-state index contributed by atoms with van der Waals surface area (Å²) in [5.41, 5.74) is 0.544. The Morgan fingerprint density at radius 3 is 2.46 bits per heavy atom. The molecule has 2 amide bonds. The third-order valence-corrected chi connectivity index (χ3v) is 5.72. The lowest BCUT2D eigenvalue weighted by atomic mass is 9.99. The Morgan fingerprint density at radius 2 is 1.80 bits per heavy atom. The first-order valence-electron chi connectivity index (χ1n) is 10.7. The number of benzene rings is 2. The molecule has 0 saturated heterocycles. The van der Waals surface area contributed by atoms with Gasteiger partial charge >= 0.3 is 6.03 Å². The second-order valence-corrected chi connectivity index (χ2v) is 8.56. The average Bonchev–Trinajstić information content (AvgIpc) is 2.81. The standard InChI is InChI=1S/C25H22ClF2N5O2/c1-13(2)23-17-8-22(29-3)30-11-14(17)12-33(24(23)34)21-10-20(19(28)9-18(21)26)32-25(35)31-16-6-4-15(27)5-7-16/h4-13,29H,1-3H3,(H2,31,32,35). The van der Waals surface area contributed by atoms with Crippen LogP contribution in [0.15, 0.2) is 59.7 Å². The van der Waals surface area contributed by atoms with Crippen molar-refractivity contribution >= 4 is 45.6 Å². The SMILES string of the molecule is CNc1cc2c(C(C)C)c(=O)n(-c3cc(NC(=O)Nc4ccc(F)cc4)c(F)cc3Cl)cc2cn1. The largest absolute Gasteiger partial charge is 0.373 e. The lowest BCUT2D eigenvalue weighted by Gasteiger charge is -2.17. The van der Waals surface area contributed by atoms with E-state index in [9.17, 15) is 18.4 Å². The summed E-state index contributed by atoms with van der Waals surface area (Å²) in [7, 11) is 1.74. The van der Waals surface area contributed by atoms with Gasteiger partial charge in [0.2, 0.25) is 0 Å². The maximum atomic E-state index is 14.7. The van der Waals surface area contributed by atoms with Gasteiger partial charge in [0, 0.05) is 36.1 Å². The third-order valence-electron chi connectivity index (χ3n) is 5.42. The number of rotatable bonds is 5. The number of urea groups is 1. The molecule has 4 rings (SSSR count). The van der Waals surface area contributed by atoms with Crippen molar-refractivity contribution < 1.29 is 13.6 Å². The van der Waals surface area contributed by atoms with E-state index >= 15 is 0 Å². The number of amides is 2. The van der Waals surface area contributed by atoms with Crippen LogP contribution >= 0.6 is 11.6 Å². The first-order chi connectivity index (χ1) is 16.7. The van der Waals surface area contributed by atoms with Crippen molar-refractivity contribution in [3.8, 4) is 5.69 Å². The number of pyridine rings is 2. The van der Waals surface area contributed by atoms with E-state index in [1.807, 2.05) is 13.8 Å². The Balaban J connectivity index is 1.77. The molecule has 0 saturated carbocycles. The van der Waals surface area contributed by atoms with Gasteiger partial charge in [0.25, 0.3) is 5.56 Å². The monoisotopic (exact) mass is 497 g/mol. The third kappa shape index (κ3) is 4.95. The van der Waals surface area contributed by atoms with Crippen LogP contribution in [0, 0.1) is 11.6 Å². The number of hydrogen-bond donors (Lipinski definition) is 3. The molecule has 0 fully saturated rings. The van der Waals surface area contributed by atoms with Crippen LogP contribution in [0.4, 0.5) is 30.8 Å². The van der Waals surface area contributed by atoms with E-state index < -0.39 is 17.7 Å². The number of anilines is 3. The molecule has 7 nitrogen and oxygen atoms in total. The van der Waals surface area contributed by atoms with E-state index in [2.05, 4.69) is 20.9 Å². The highest BCUT2D eigenvalue weighted by Crippen LogP contribution is 2.30. The van der Waals surface area contributed by atoms with Gasteiger partial charge in [0.15, 0.2) is 0 Å². The minimum atomic E-state index is -0.786. The van der Waals surface area contributed by atoms with Crippen molar-refractivity contribution in [3.05, 3.63) is 87.4 Å². The fourth-order valence-corrected chi connectivity index (χ4v) is 4.00. The molecule has 2 heterocycles. The highest BCUT2D eigenvalue weighted by Gasteiger charge is 2.19. The smallest absolute Gasteiger partial charge is 0.323 e. The van der Waals surface area contributed by atoms with E-state index in [4.69, 9.17) is 11.6 Å². The molecule has 0 atom stereocenters. The maximum absolute atomic E-state index is 14.7. The Hall–Kier alpha value is -3.98. The van der Waals surface area contributed by atoms with Gasteiger partial charge in [0.05, 0.1) is 16.4 Å². The Bertz CT molecular complexity index is 1490. The van der Waals surface area contributed by atoms with Crippen molar-refractivity contribution in [2.75, 3.05) is 23.0 Å². The molecule has 2 aromatic heterocycles. The van der Waals surface area contributed by atoms with Gasteiger partial charge in [-0.2, -0.15) is 0 Å². The summed E-state index contributed by atoms with van der Waals surface area (Å²) in [6, 6.07) is 8.47. The molecular formula is C25H22ClF2N5O2. The molecule has 0 unspecified atom stereocenters. The minimum absolute atomic E-state index is 0.0112. The molecule has 0 radical (unpaired) electrons. The molecule has 35 heavy (non-hydrogen) atoms. The first kappa shape index (κ1) is 24.2. The van der Waals surface area contributed by atoms with E-state index in [1.54, 1.807) is 25.5 Å². The summed E-state index contributed by atoms with van der Waals surface area (Å²) in [4.78, 5) is 30.2. The average molecular weight is 498 g/mol. The van der Waals surface area contributed by atoms with Crippen molar-refractivity contribution in [1.82, 2.24) is 9.55 Å². The van der Waals surface area contributed by atoms with Gasteiger partial charge in [-0.1, -0.05) is 25.4 Å². The molecular weight excluding hydrogens is 476 g/mol. The Labute approximate surface area is 204 Å². The van der Waals surface area contributed by atoms with E-state index in [-0.39, 0.29) is 27.9 Å². The van der Waals surface area contributed by atoms with Gasteiger partial charge < -0.3 is 16.0 Å². The lowest BCUT2D eigenvalue weighted by molar-refractivity contribution is 0.262. The molecule has 0 aliphatic rings. The van der Waals surface area contributed by atoms with E-state index in [0.717, 1.165) is 11.5 Å². The van der Waals surface area contributed by atoms with Crippen LogP contribution in [0.2, 0.25) is 5.02 Å². The number of nitrogens with one attached hydrogen (secondary N) is 3. The number of hydrogen-bond acceptors (Lipinski definition) is 4. The quantitative estimate of drug-likeness (QED) is 0.309. The summed E-state index contributed by atoms with van der Waals surface area (Å²) in [5.74, 6) is -0.743. The van der Waals surface area contributed by atoms with Crippen LogP contribution in [-0.2, 0) is 0 Å². The molecule has 3 N–H and O–H groups in total. The molecule has 2 aromatic carbocycles. The first-order valence-corrected chi connectivity index (χ1v) is 11.1. The van der Waals surface area contributed by atoms with Gasteiger partial charge in [-0.05, 0) is 53.8 Å². The van der Waals surface area contributed by atoms with Crippen LogP contribution in [0.5, 0.6) is 0 Å². The summed E-state index contributed by atoms with van der Waals surface area (Å²) < 4.78 is 29.1. The number of halogens is 3. The summed E-state index contributed by atoms with van der Waals surface area (Å²) in [5, 5.41) is 9.29. The summed E-state index contributed by atoms with van der Waals surface area (Å²) in [6.45, 7) is 3.80. The highest BCUT2D eigenvalue weighted by molar-refractivity contribution is 6.32. The predicted octanol–water partition coefficient (Wildman–Crippen LogP) is 6.13. The van der Waals surface area contributed by atoms with Gasteiger partial charge in [-0.25, -0.2) is 18.6 Å². The molecule has 0 aliphatic heterocycles. The molecule has 0 bridgehead atoms. The normalized spacial score (nSPS) is 11.1. The molecule has 10 heteroatoms. The predicted molar refractivity (Wildman–Crippen MR) is 135 cm³/mol.